The number of esters is 1. The van der Waals surface area contributed by atoms with E-state index in [9.17, 15) is 14.3 Å². The van der Waals surface area contributed by atoms with Crippen molar-refractivity contribution in [3.63, 3.8) is 0 Å². The van der Waals surface area contributed by atoms with Crippen LogP contribution in [0.15, 0.2) is 48.5 Å². The molecular weight excluding hydrogens is 613 g/mol. The Balaban J connectivity index is 1.17. The van der Waals surface area contributed by atoms with E-state index in [1.807, 2.05) is 18.2 Å². The fourth-order valence-corrected chi connectivity index (χ4v) is 5.99. The highest BCUT2D eigenvalue weighted by molar-refractivity contribution is 5.97. The Morgan fingerprint density at radius 3 is 2.60 bits per heavy atom. The van der Waals surface area contributed by atoms with Gasteiger partial charge < -0.3 is 23.9 Å². The van der Waals surface area contributed by atoms with Gasteiger partial charge in [0.15, 0.2) is 0 Å². The molecule has 1 N–H and O–H groups in total. The third-order valence-corrected chi connectivity index (χ3v) is 8.73. The summed E-state index contributed by atoms with van der Waals surface area (Å²) in [4.78, 5) is 24.9. The SMILES string of the molecule is COC(=O)c1cc2c(cc1C#CC(C)(C)O)nc(CN1CCC(c3cccc(OCc4ccc(C#N)cc4F)n3)CC1)n2C[C@@H]1CCO1. The monoisotopic (exact) mass is 651 g/mol. The number of pyridine rings is 1. The van der Waals surface area contributed by atoms with Gasteiger partial charge in [0.2, 0.25) is 5.88 Å². The fourth-order valence-electron chi connectivity index (χ4n) is 5.99. The number of rotatable bonds is 9. The van der Waals surface area contributed by atoms with Gasteiger partial charge in [-0.25, -0.2) is 19.2 Å². The van der Waals surface area contributed by atoms with E-state index in [0.717, 1.165) is 56.0 Å². The number of nitriles is 1. The summed E-state index contributed by atoms with van der Waals surface area (Å²) < 4.78 is 33.1. The van der Waals surface area contributed by atoms with Crippen LogP contribution in [0.3, 0.4) is 0 Å². The van der Waals surface area contributed by atoms with Crippen LogP contribution in [-0.4, -0.2) is 69.0 Å². The molecule has 4 heterocycles. The number of fused-ring (bicyclic) bond motifs is 1. The average Bonchev–Trinajstić information content (AvgIpc) is 3.39. The van der Waals surface area contributed by atoms with Crippen LogP contribution in [-0.2, 0) is 29.2 Å². The molecule has 0 radical (unpaired) electrons. The van der Waals surface area contributed by atoms with Gasteiger partial charge in [-0.1, -0.05) is 24.0 Å². The molecule has 2 aromatic carbocycles. The van der Waals surface area contributed by atoms with Crippen LogP contribution in [0.1, 0.15) is 77.6 Å². The Kier molecular flexibility index (Phi) is 9.74. The van der Waals surface area contributed by atoms with E-state index < -0.39 is 17.4 Å². The zero-order chi connectivity index (χ0) is 33.8. The van der Waals surface area contributed by atoms with Gasteiger partial charge in [0.1, 0.15) is 23.8 Å². The molecule has 1 atom stereocenters. The van der Waals surface area contributed by atoms with E-state index in [1.54, 1.807) is 44.2 Å². The van der Waals surface area contributed by atoms with Gasteiger partial charge in [0.25, 0.3) is 0 Å². The first-order chi connectivity index (χ1) is 23.1. The van der Waals surface area contributed by atoms with Crippen molar-refractivity contribution in [2.45, 2.75) is 70.4 Å². The van der Waals surface area contributed by atoms with Crippen LogP contribution in [0, 0.1) is 29.0 Å². The van der Waals surface area contributed by atoms with Crippen LogP contribution in [0.2, 0.25) is 0 Å². The van der Waals surface area contributed by atoms with Crippen LogP contribution in [0.25, 0.3) is 11.0 Å². The zero-order valence-corrected chi connectivity index (χ0v) is 27.3. The Labute approximate surface area is 279 Å². The Morgan fingerprint density at radius 1 is 1.15 bits per heavy atom. The first kappa shape index (κ1) is 33.1. The Hall–Kier alpha value is -4.81. The maximum absolute atomic E-state index is 14.3. The van der Waals surface area contributed by atoms with Gasteiger partial charge in [-0.2, -0.15) is 5.26 Å². The van der Waals surface area contributed by atoms with E-state index >= 15 is 0 Å². The normalized spacial score (nSPS) is 16.9. The highest BCUT2D eigenvalue weighted by Gasteiger charge is 2.27. The molecule has 0 bridgehead atoms. The molecule has 48 heavy (non-hydrogen) atoms. The number of carbonyl (C=O) groups is 1. The summed E-state index contributed by atoms with van der Waals surface area (Å²) in [7, 11) is 1.34. The van der Waals surface area contributed by atoms with Crippen LogP contribution >= 0.6 is 0 Å². The Morgan fingerprint density at radius 2 is 1.94 bits per heavy atom. The standard InChI is InChI=1S/C37H38FN5O5/c1-37(2,45)13-9-26-18-32-33(19-29(26)36(44)46-3)43(21-28-12-16-47-28)34(40-32)22-42-14-10-25(11-15-42)31-5-4-6-35(41-31)48-23-27-8-7-24(20-39)17-30(27)38/h4-8,17-19,25,28,45H,10-12,14-16,21-23H2,1-3H3/t28-/m0/s1. The number of piperidine rings is 1. The molecular formula is C37H38FN5O5. The summed E-state index contributed by atoms with van der Waals surface area (Å²) in [5.74, 6) is 6.34. The number of carbonyl (C=O) groups excluding carboxylic acids is 1. The molecule has 10 nitrogen and oxygen atoms in total. The molecule has 4 aromatic rings. The number of hydrogen-bond donors (Lipinski definition) is 1. The van der Waals surface area contributed by atoms with Crippen molar-refractivity contribution in [3.8, 4) is 23.8 Å². The first-order valence-electron chi connectivity index (χ1n) is 16.1. The number of halogens is 1. The quantitative estimate of drug-likeness (QED) is 0.195. The fraction of sp³-hybridized carbons (Fsp3) is 0.405. The van der Waals surface area contributed by atoms with Gasteiger partial charge >= 0.3 is 5.97 Å². The number of aromatic nitrogens is 3. The molecule has 0 unspecified atom stereocenters. The molecule has 248 valence electrons. The van der Waals surface area contributed by atoms with Gasteiger partial charge in [0, 0.05) is 35.4 Å². The number of aliphatic hydroxyl groups is 1. The zero-order valence-electron chi connectivity index (χ0n) is 27.3. The molecule has 2 fully saturated rings. The lowest BCUT2D eigenvalue weighted by Gasteiger charge is -2.32. The molecule has 11 heteroatoms. The minimum absolute atomic E-state index is 0.0218. The summed E-state index contributed by atoms with van der Waals surface area (Å²) in [5, 5.41) is 19.2. The number of imidazole rings is 1. The lowest BCUT2D eigenvalue weighted by atomic mass is 9.93. The summed E-state index contributed by atoms with van der Waals surface area (Å²) in [6, 6.07) is 15.5. The molecule has 0 spiro atoms. The third-order valence-electron chi connectivity index (χ3n) is 8.73. The summed E-state index contributed by atoms with van der Waals surface area (Å²) in [6.45, 7) is 6.87. The number of likely N-dealkylation sites (tertiary alicyclic amines) is 1. The predicted octanol–water partition coefficient (Wildman–Crippen LogP) is 5.10. The van der Waals surface area contributed by atoms with E-state index in [2.05, 4.69) is 21.3 Å². The smallest absolute Gasteiger partial charge is 0.339 e. The van der Waals surface area contributed by atoms with Crippen molar-refractivity contribution in [2.24, 2.45) is 0 Å². The van der Waals surface area contributed by atoms with E-state index in [0.29, 0.717) is 41.2 Å². The number of benzene rings is 2. The molecule has 0 saturated carbocycles. The van der Waals surface area contributed by atoms with E-state index in [4.69, 9.17) is 29.4 Å². The van der Waals surface area contributed by atoms with Gasteiger partial charge in [-0.05, 0) is 76.5 Å². The highest BCUT2D eigenvalue weighted by Crippen LogP contribution is 2.30. The maximum atomic E-state index is 14.3. The summed E-state index contributed by atoms with van der Waals surface area (Å²) >= 11 is 0. The Bertz CT molecular complexity index is 1920. The van der Waals surface area contributed by atoms with Crippen LogP contribution in [0.5, 0.6) is 5.88 Å². The topological polar surface area (TPSA) is 123 Å². The minimum Gasteiger partial charge on any atom is -0.473 e. The lowest BCUT2D eigenvalue weighted by molar-refractivity contribution is -0.0592. The minimum atomic E-state index is -1.23. The molecule has 2 aliphatic rings. The number of hydrogen-bond acceptors (Lipinski definition) is 9. The highest BCUT2D eigenvalue weighted by atomic mass is 19.1. The maximum Gasteiger partial charge on any atom is 0.339 e. The largest absolute Gasteiger partial charge is 0.473 e. The second-order valence-electron chi connectivity index (χ2n) is 12.8. The van der Waals surface area contributed by atoms with E-state index in [1.165, 1.54) is 13.2 Å². The van der Waals surface area contributed by atoms with Gasteiger partial charge in [-0.3, -0.25) is 4.90 Å². The van der Waals surface area contributed by atoms with Crippen molar-refractivity contribution in [3.05, 3.63) is 88.1 Å². The van der Waals surface area contributed by atoms with Gasteiger partial charge in [-0.15, -0.1) is 0 Å². The summed E-state index contributed by atoms with van der Waals surface area (Å²) in [5.41, 5.74) is 2.65. The molecule has 6 rings (SSSR count). The summed E-state index contributed by atoms with van der Waals surface area (Å²) in [6.07, 6.45) is 2.84. The number of ether oxygens (including phenoxy) is 3. The van der Waals surface area contributed by atoms with Crippen molar-refractivity contribution in [1.29, 1.82) is 5.26 Å². The molecule has 2 saturated heterocycles. The van der Waals surface area contributed by atoms with E-state index in [-0.39, 0.29) is 24.2 Å². The molecule has 0 amide bonds. The van der Waals surface area contributed by atoms with Crippen molar-refractivity contribution in [1.82, 2.24) is 19.4 Å². The number of methoxy groups -OCH3 is 1. The average molecular weight is 652 g/mol. The van der Waals surface area contributed by atoms with Crippen LogP contribution < -0.4 is 4.74 Å². The third kappa shape index (κ3) is 7.66. The first-order valence-corrected chi connectivity index (χ1v) is 16.1. The second kappa shape index (κ2) is 14.1. The van der Waals surface area contributed by atoms with Crippen molar-refractivity contribution < 1.29 is 28.5 Å². The molecule has 2 aliphatic heterocycles. The predicted molar refractivity (Wildman–Crippen MR) is 176 cm³/mol. The molecule has 2 aromatic heterocycles. The lowest BCUT2D eigenvalue weighted by Crippen LogP contribution is -2.35. The van der Waals surface area contributed by atoms with Crippen LogP contribution in [0.4, 0.5) is 4.39 Å². The van der Waals surface area contributed by atoms with Crippen molar-refractivity contribution >= 4 is 17.0 Å². The van der Waals surface area contributed by atoms with Gasteiger partial charge in [0.05, 0.1) is 54.5 Å². The second-order valence-corrected chi connectivity index (χ2v) is 12.8. The number of nitrogens with zero attached hydrogens (tertiary/aromatic N) is 5. The molecule has 0 aliphatic carbocycles. The van der Waals surface area contributed by atoms with Crippen molar-refractivity contribution in [2.75, 3.05) is 26.8 Å².